The summed E-state index contributed by atoms with van der Waals surface area (Å²) in [6.45, 7) is 8.10. The third-order valence-electron chi connectivity index (χ3n) is 6.36. The van der Waals surface area contributed by atoms with E-state index in [9.17, 15) is 23.7 Å². The molecule has 1 rings (SSSR count). The third-order valence-corrected chi connectivity index (χ3v) is 6.80. The highest BCUT2D eigenvalue weighted by atomic mass is 31.2. The summed E-state index contributed by atoms with van der Waals surface area (Å²) in [5.74, 6) is -1.34. The minimum atomic E-state index is -4.67. The highest BCUT2D eigenvalue weighted by Gasteiger charge is 2.22. The number of hydrogen-bond acceptors (Lipinski definition) is 10. The number of benzene rings is 1. The molecule has 2 atom stereocenters. The van der Waals surface area contributed by atoms with Gasteiger partial charge in [0.2, 0.25) is 17.7 Å². The lowest BCUT2D eigenvalue weighted by Gasteiger charge is -2.19. The maximum atomic E-state index is 12.7. The number of amides is 3. The molecule has 0 aliphatic rings. The highest BCUT2D eigenvalue weighted by Crippen LogP contribution is 2.37. The molecule has 1 aromatic rings. The van der Waals surface area contributed by atoms with Crippen LogP contribution in [0.5, 0.6) is 5.75 Å². The number of unbranched alkanes of at least 4 members (excludes halogenated alkanes) is 1. The molecule has 0 saturated carbocycles. The molecule has 0 aromatic heterocycles. The first-order chi connectivity index (χ1) is 21.9. The van der Waals surface area contributed by atoms with Crippen molar-refractivity contribution in [2.75, 3.05) is 65.9 Å². The first kappa shape index (κ1) is 41.1. The maximum Gasteiger partial charge on any atom is 0.524 e. The second-order valence-corrected chi connectivity index (χ2v) is 11.7. The topological polar surface area (TPSA) is 208 Å². The molecule has 0 heterocycles. The predicted molar refractivity (Wildman–Crippen MR) is 168 cm³/mol. The summed E-state index contributed by atoms with van der Waals surface area (Å²) in [5.41, 5.74) is 0.686. The van der Waals surface area contributed by atoms with Crippen molar-refractivity contribution >= 4 is 31.3 Å². The van der Waals surface area contributed by atoms with E-state index in [0.717, 1.165) is 6.42 Å². The third kappa shape index (κ3) is 21.8. The summed E-state index contributed by atoms with van der Waals surface area (Å²) in [4.78, 5) is 66.2. The number of Topliss-reactive ketones (excluding diaryl/α,β-unsaturated/α-hetero) is 1. The largest absolute Gasteiger partial charge is 0.524 e. The first-order valence-corrected chi connectivity index (χ1v) is 16.9. The molecule has 16 heteroatoms. The normalized spacial score (nSPS) is 12.6. The molecule has 0 spiro atoms. The van der Waals surface area contributed by atoms with Crippen molar-refractivity contribution in [3.63, 3.8) is 0 Å². The smallest absolute Gasteiger partial charge is 0.404 e. The van der Waals surface area contributed by atoms with E-state index in [2.05, 4.69) is 20.5 Å². The molecular weight excluding hydrogens is 625 g/mol. The second kappa shape index (κ2) is 24.3. The van der Waals surface area contributed by atoms with Crippen LogP contribution in [0.2, 0.25) is 0 Å². The SMILES string of the molecule is CCCOCCOCC(=O)NCCOCCOCC(=O)NCCCC[C@H](C)C(=O)N[C@@H](Cc1ccc(OP(=O)(O)O)cc1)C(C)=O. The quantitative estimate of drug-likeness (QED) is 0.0661. The molecule has 3 amide bonds. The summed E-state index contributed by atoms with van der Waals surface area (Å²) >= 11 is 0. The summed E-state index contributed by atoms with van der Waals surface area (Å²) in [7, 11) is -4.67. The zero-order chi connectivity index (χ0) is 34.2. The minimum Gasteiger partial charge on any atom is -0.404 e. The Kier molecular flexibility index (Phi) is 21.7. The zero-order valence-electron chi connectivity index (χ0n) is 27.0. The molecule has 0 bridgehead atoms. The molecule has 0 fully saturated rings. The molecule has 15 nitrogen and oxygen atoms in total. The van der Waals surface area contributed by atoms with Gasteiger partial charge in [-0.15, -0.1) is 0 Å². The number of hydrogen-bond donors (Lipinski definition) is 5. The van der Waals surface area contributed by atoms with Gasteiger partial charge in [-0.1, -0.05) is 32.4 Å². The van der Waals surface area contributed by atoms with Gasteiger partial charge >= 0.3 is 7.82 Å². The molecular formula is C30H50N3O12P. The van der Waals surface area contributed by atoms with Crippen LogP contribution < -0.4 is 20.5 Å². The molecule has 0 aliphatic heterocycles. The average Bonchev–Trinajstić information content (AvgIpc) is 2.99. The Morgan fingerprint density at radius 2 is 1.37 bits per heavy atom. The monoisotopic (exact) mass is 675 g/mol. The molecule has 0 saturated heterocycles. The van der Waals surface area contributed by atoms with Gasteiger partial charge in [0.25, 0.3) is 0 Å². The Bertz CT molecular complexity index is 1080. The van der Waals surface area contributed by atoms with Crippen LogP contribution >= 0.6 is 7.82 Å². The zero-order valence-corrected chi connectivity index (χ0v) is 27.9. The number of ether oxygens (including phenoxy) is 4. The van der Waals surface area contributed by atoms with E-state index in [1.165, 1.54) is 19.1 Å². The summed E-state index contributed by atoms with van der Waals surface area (Å²) in [5, 5.41) is 8.21. The van der Waals surface area contributed by atoms with Crippen molar-refractivity contribution in [1.29, 1.82) is 0 Å². The summed E-state index contributed by atoms with van der Waals surface area (Å²) in [6, 6.07) is 5.15. The Morgan fingerprint density at radius 1 is 0.804 bits per heavy atom. The number of rotatable bonds is 27. The van der Waals surface area contributed by atoms with Crippen molar-refractivity contribution in [2.24, 2.45) is 5.92 Å². The van der Waals surface area contributed by atoms with Gasteiger partial charge in [-0.05, 0) is 50.3 Å². The van der Waals surface area contributed by atoms with Gasteiger partial charge in [0.05, 0.1) is 39.1 Å². The van der Waals surface area contributed by atoms with Crippen LogP contribution in [0.3, 0.4) is 0 Å². The van der Waals surface area contributed by atoms with Gasteiger partial charge in [0.1, 0.15) is 19.0 Å². The number of carbonyl (C=O) groups excluding carboxylic acids is 4. The van der Waals surface area contributed by atoms with Crippen molar-refractivity contribution in [3.05, 3.63) is 29.8 Å². The molecule has 5 N–H and O–H groups in total. The van der Waals surface area contributed by atoms with Gasteiger partial charge < -0.3 is 39.4 Å². The van der Waals surface area contributed by atoms with Crippen LogP contribution in [0.1, 0.15) is 52.0 Å². The van der Waals surface area contributed by atoms with Crippen LogP contribution in [0.15, 0.2) is 24.3 Å². The Balaban J connectivity index is 2.10. The van der Waals surface area contributed by atoms with Crippen molar-refractivity contribution < 1.29 is 57.0 Å². The fourth-order valence-electron chi connectivity index (χ4n) is 3.88. The lowest BCUT2D eigenvalue weighted by atomic mass is 9.99. The van der Waals surface area contributed by atoms with Crippen molar-refractivity contribution in [1.82, 2.24) is 16.0 Å². The molecule has 1 aromatic carbocycles. The van der Waals surface area contributed by atoms with Crippen LogP contribution in [-0.4, -0.2) is 105 Å². The number of nitrogens with one attached hydrogen (secondary N) is 3. The first-order valence-electron chi connectivity index (χ1n) is 15.4. The van der Waals surface area contributed by atoms with E-state index < -0.39 is 13.9 Å². The number of carbonyl (C=O) groups is 4. The Labute approximate surface area is 270 Å². The molecule has 262 valence electrons. The standard InChI is InChI=1S/C30H50N3O12P/c1-4-14-41-16-18-43-22-29(36)32-13-15-42-17-19-44-21-28(35)31-12-6-5-7-23(2)30(37)33-27(24(3)34)20-25-8-10-26(11-9-25)45-46(38,39)40/h8-11,23,27H,4-7,12-22H2,1-3H3,(H,31,35)(H,32,36)(H,33,37)(H2,38,39,40)/t23-,27-/m0/s1. The Morgan fingerprint density at radius 3 is 1.93 bits per heavy atom. The van der Waals surface area contributed by atoms with E-state index in [0.29, 0.717) is 64.3 Å². The number of phosphoric ester groups is 1. The van der Waals surface area contributed by atoms with Gasteiger partial charge in [-0.3, -0.25) is 29.0 Å². The summed E-state index contributed by atoms with van der Waals surface area (Å²) < 4.78 is 36.6. The number of phosphoric acid groups is 1. The highest BCUT2D eigenvalue weighted by molar-refractivity contribution is 7.46. The maximum absolute atomic E-state index is 12.7. The van der Waals surface area contributed by atoms with E-state index in [4.69, 9.17) is 28.7 Å². The second-order valence-electron chi connectivity index (χ2n) is 10.5. The molecule has 0 radical (unpaired) electrons. The van der Waals surface area contributed by atoms with Crippen molar-refractivity contribution in [3.8, 4) is 5.75 Å². The van der Waals surface area contributed by atoms with E-state index >= 15 is 0 Å². The van der Waals surface area contributed by atoms with Gasteiger partial charge in [-0.2, -0.15) is 0 Å². The van der Waals surface area contributed by atoms with E-state index in [1.807, 2.05) is 6.92 Å². The number of ketones is 1. The van der Waals surface area contributed by atoms with Gasteiger partial charge in [0.15, 0.2) is 5.78 Å². The van der Waals surface area contributed by atoms with Crippen LogP contribution in [0, 0.1) is 5.92 Å². The van der Waals surface area contributed by atoms with Crippen molar-refractivity contribution in [2.45, 2.75) is 58.9 Å². The van der Waals surface area contributed by atoms with Crippen LogP contribution in [0.4, 0.5) is 0 Å². The van der Waals surface area contributed by atoms with Gasteiger partial charge in [0, 0.05) is 25.6 Å². The van der Waals surface area contributed by atoms with Gasteiger partial charge in [-0.25, -0.2) is 4.57 Å². The fourth-order valence-corrected chi connectivity index (χ4v) is 4.28. The predicted octanol–water partition coefficient (Wildman–Crippen LogP) is 1.29. The lowest BCUT2D eigenvalue weighted by Crippen LogP contribution is -2.43. The van der Waals surface area contributed by atoms with Crippen LogP contribution in [-0.2, 0) is 49.1 Å². The van der Waals surface area contributed by atoms with Crippen LogP contribution in [0.25, 0.3) is 0 Å². The average molecular weight is 676 g/mol. The molecule has 0 aliphatic carbocycles. The van der Waals surface area contributed by atoms with E-state index in [-0.39, 0.29) is 68.0 Å². The lowest BCUT2D eigenvalue weighted by molar-refractivity contribution is -0.129. The Hall–Kier alpha value is -2.91. The van der Waals surface area contributed by atoms with E-state index in [1.54, 1.807) is 19.1 Å². The minimum absolute atomic E-state index is 0.00915. The fraction of sp³-hybridized carbons (Fsp3) is 0.667. The molecule has 46 heavy (non-hydrogen) atoms. The summed E-state index contributed by atoms with van der Waals surface area (Å²) in [6.07, 6.45) is 3.07. The molecule has 0 unspecified atom stereocenters.